The van der Waals surface area contributed by atoms with Gasteiger partial charge in [0, 0.05) is 6.42 Å². The zero-order chi connectivity index (χ0) is 12.8. The van der Waals surface area contributed by atoms with E-state index in [1.54, 1.807) is 6.08 Å². The van der Waals surface area contributed by atoms with Crippen molar-refractivity contribution in [1.29, 1.82) is 0 Å². The molecule has 0 radical (unpaired) electrons. The van der Waals surface area contributed by atoms with Crippen LogP contribution in [0.5, 0.6) is 0 Å². The Kier molecular flexibility index (Phi) is 6.62. The summed E-state index contributed by atoms with van der Waals surface area (Å²) in [5, 5.41) is 0. The number of hydrogen-bond donors (Lipinski definition) is 0. The predicted octanol–water partition coefficient (Wildman–Crippen LogP) is 4.62. The molecule has 0 aliphatic rings. The van der Waals surface area contributed by atoms with Crippen LogP contribution in [-0.2, 0) is 4.79 Å². The van der Waals surface area contributed by atoms with Crippen LogP contribution in [0.3, 0.4) is 0 Å². The molecule has 0 heterocycles. The Labute approximate surface area is 101 Å². The summed E-state index contributed by atoms with van der Waals surface area (Å²) in [4.78, 5) is 11.4. The van der Waals surface area contributed by atoms with Gasteiger partial charge in [-0.3, -0.25) is 4.79 Å². The molecule has 0 fully saturated rings. The molecule has 94 valence electrons. The number of allylic oxidation sites excluding steroid dienone is 2. The van der Waals surface area contributed by atoms with Gasteiger partial charge in [-0.2, -0.15) is 0 Å². The Morgan fingerprint density at radius 2 is 1.75 bits per heavy atom. The molecule has 0 spiro atoms. The van der Waals surface area contributed by atoms with Gasteiger partial charge in [0.05, 0.1) is 0 Å². The van der Waals surface area contributed by atoms with Gasteiger partial charge in [-0.1, -0.05) is 47.6 Å². The lowest BCUT2D eigenvalue weighted by atomic mass is 9.84. The summed E-state index contributed by atoms with van der Waals surface area (Å²) in [6.07, 6.45) is 6.70. The second-order valence-electron chi connectivity index (χ2n) is 6.57. The normalized spacial score (nSPS) is 14.7. The van der Waals surface area contributed by atoms with Crippen LogP contribution in [0.25, 0.3) is 0 Å². The maximum atomic E-state index is 11.4. The highest BCUT2D eigenvalue weighted by molar-refractivity contribution is 5.89. The average molecular weight is 224 g/mol. The van der Waals surface area contributed by atoms with E-state index in [1.165, 1.54) is 6.42 Å². The van der Waals surface area contributed by atoms with E-state index in [1.807, 2.05) is 6.08 Å². The van der Waals surface area contributed by atoms with E-state index in [2.05, 4.69) is 41.5 Å². The molecule has 0 amide bonds. The van der Waals surface area contributed by atoms with Gasteiger partial charge in [-0.15, -0.1) is 0 Å². The zero-order valence-corrected chi connectivity index (χ0v) is 11.8. The monoisotopic (exact) mass is 224 g/mol. The van der Waals surface area contributed by atoms with Gasteiger partial charge >= 0.3 is 0 Å². The van der Waals surface area contributed by atoms with Crippen LogP contribution in [0.4, 0.5) is 0 Å². The molecule has 0 aromatic rings. The zero-order valence-electron chi connectivity index (χ0n) is 11.8. The highest BCUT2D eigenvalue weighted by Gasteiger charge is 2.14. The molecule has 0 aliphatic heterocycles. The summed E-state index contributed by atoms with van der Waals surface area (Å²) in [6, 6.07) is 0. The second-order valence-corrected chi connectivity index (χ2v) is 6.57. The third kappa shape index (κ3) is 9.95. The Bertz CT molecular complexity index is 230. The Hall–Kier alpha value is -0.590. The van der Waals surface area contributed by atoms with E-state index >= 15 is 0 Å². The molecule has 1 atom stereocenters. The van der Waals surface area contributed by atoms with Crippen molar-refractivity contribution >= 4 is 5.78 Å². The van der Waals surface area contributed by atoms with Crippen LogP contribution in [0.15, 0.2) is 12.2 Å². The highest BCUT2D eigenvalue weighted by Crippen LogP contribution is 2.26. The maximum absolute atomic E-state index is 11.4. The average Bonchev–Trinajstić information content (AvgIpc) is 1.98. The minimum Gasteiger partial charge on any atom is -0.295 e. The molecular formula is C15H28O. The molecule has 0 saturated carbocycles. The van der Waals surface area contributed by atoms with Gasteiger partial charge in [0.15, 0.2) is 5.78 Å². The summed E-state index contributed by atoms with van der Waals surface area (Å²) >= 11 is 0. The van der Waals surface area contributed by atoms with Crippen molar-refractivity contribution in [3.63, 3.8) is 0 Å². The van der Waals surface area contributed by atoms with Crippen molar-refractivity contribution in [2.24, 2.45) is 17.3 Å². The van der Waals surface area contributed by atoms with Crippen LogP contribution in [0.1, 0.15) is 60.8 Å². The van der Waals surface area contributed by atoms with Crippen LogP contribution in [-0.4, -0.2) is 5.78 Å². The Balaban J connectivity index is 3.87. The van der Waals surface area contributed by atoms with Crippen molar-refractivity contribution < 1.29 is 4.79 Å². The standard InChI is InChI=1S/C15H28O/c1-12(2)10-14(16)9-7-8-13(3)11-15(4,5)6/h7,9,12-13H,8,10-11H2,1-6H3/b9-7+/t13-/m0/s1. The molecule has 0 rings (SSSR count). The van der Waals surface area contributed by atoms with Crippen LogP contribution < -0.4 is 0 Å². The first kappa shape index (κ1) is 15.4. The summed E-state index contributed by atoms with van der Waals surface area (Å²) in [5.41, 5.74) is 0.384. The molecule has 0 aromatic carbocycles. The predicted molar refractivity (Wildman–Crippen MR) is 71.5 cm³/mol. The summed E-state index contributed by atoms with van der Waals surface area (Å²) < 4.78 is 0. The third-order valence-corrected chi connectivity index (χ3v) is 2.41. The topological polar surface area (TPSA) is 17.1 Å². The lowest BCUT2D eigenvalue weighted by Crippen LogP contribution is -2.10. The smallest absolute Gasteiger partial charge is 0.155 e. The van der Waals surface area contributed by atoms with Gasteiger partial charge in [0.2, 0.25) is 0 Å². The summed E-state index contributed by atoms with van der Waals surface area (Å²) in [6.45, 7) is 13.2. The molecule has 1 nitrogen and oxygen atoms in total. The fourth-order valence-corrected chi connectivity index (χ4v) is 2.03. The van der Waals surface area contributed by atoms with Crippen molar-refractivity contribution in [1.82, 2.24) is 0 Å². The second kappa shape index (κ2) is 6.88. The molecule has 0 aromatic heterocycles. The number of ketones is 1. The first-order chi connectivity index (χ1) is 7.20. The number of carbonyl (C=O) groups is 1. The van der Waals surface area contributed by atoms with Crippen LogP contribution in [0, 0.1) is 17.3 Å². The van der Waals surface area contributed by atoms with Crippen molar-refractivity contribution in [2.45, 2.75) is 60.8 Å². The molecule has 0 unspecified atom stereocenters. The Morgan fingerprint density at radius 1 is 1.19 bits per heavy atom. The molecular weight excluding hydrogens is 196 g/mol. The van der Waals surface area contributed by atoms with E-state index < -0.39 is 0 Å². The van der Waals surface area contributed by atoms with Gasteiger partial charge in [0.25, 0.3) is 0 Å². The SMILES string of the molecule is CC(C)CC(=O)/C=C/C[C@H](C)CC(C)(C)C. The fraction of sp³-hybridized carbons (Fsp3) is 0.800. The maximum Gasteiger partial charge on any atom is 0.155 e. The minimum atomic E-state index is 0.262. The molecule has 0 saturated heterocycles. The Morgan fingerprint density at radius 3 is 2.19 bits per heavy atom. The molecule has 0 aliphatic carbocycles. The first-order valence-corrected chi connectivity index (χ1v) is 6.40. The van der Waals surface area contributed by atoms with E-state index in [0.717, 1.165) is 6.42 Å². The van der Waals surface area contributed by atoms with E-state index in [9.17, 15) is 4.79 Å². The number of hydrogen-bond acceptors (Lipinski definition) is 1. The van der Waals surface area contributed by atoms with Crippen LogP contribution >= 0.6 is 0 Å². The van der Waals surface area contributed by atoms with Gasteiger partial charge in [-0.25, -0.2) is 0 Å². The highest BCUT2D eigenvalue weighted by atomic mass is 16.1. The van der Waals surface area contributed by atoms with Gasteiger partial charge in [0.1, 0.15) is 0 Å². The molecule has 0 N–H and O–H groups in total. The van der Waals surface area contributed by atoms with Crippen molar-refractivity contribution in [3.05, 3.63) is 12.2 Å². The quantitative estimate of drug-likeness (QED) is 0.602. The fourth-order valence-electron chi connectivity index (χ4n) is 2.03. The van der Waals surface area contributed by atoms with E-state index in [0.29, 0.717) is 23.7 Å². The third-order valence-electron chi connectivity index (χ3n) is 2.41. The molecule has 1 heteroatoms. The van der Waals surface area contributed by atoms with Gasteiger partial charge < -0.3 is 0 Å². The van der Waals surface area contributed by atoms with E-state index in [4.69, 9.17) is 0 Å². The summed E-state index contributed by atoms with van der Waals surface area (Å²) in [5.74, 6) is 1.38. The largest absolute Gasteiger partial charge is 0.295 e. The number of carbonyl (C=O) groups excluding carboxylic acids is 1. The van der Waals surface area contributed by atoms with E-state index in [-0.39, 0.29) is 5.78 Å². The number of rotatable bonds is 6. The van der Waals surface area contributed by atoms with Crippen LogP contribution in [0.2, 0.25) is 0 Å². The van der Waals surface area contributed by atoms with Gasteiger partial charge in [-0.05, 0) is 36.2 Å². The minimum absolute atomic E-state index is 0.262. The lowest BCUT2D eigenvalue weighted by molar-refractivity contribution is -0.115. The molecule has 16 heavy (non-hydrogen) atoms. The molecule has 0 bridgehead atoms. The van der Waals surface area contributed by atoms with Crippen molar-refractivity contribution in [2.75, 3.05) is 0 Å². The van der Waals surface area contributed by atoms with Crippen molar-refractivity contribution in [3.8, 4) is 0 Å². The lowest BCUT2D eigenvalue weighted by Gasteiger charge is -2.22. The summed E-state index contributed by atoms with van der Waals surface area (Å²) in [7, 11) is 0. The first-order valence-electron chi connectivity index (χ1n) is 6.40.